The summed E-state index contributed by atoms with van der Waals surface area (Å²) in [5.41, 5.74) is 0.375. The Bertz CT molecular complexity index is 513. The summed E-state index contributed by atoms with van der Waals surface area (Å²) in [5.74, 6) is 0.0786. The van der Waals surface area contributed by atoms with Crippen LogP contribution < -0.4 is 10.8 Å². The van der Waals surface area contributed by atoms with E-state index in [0.29, 0.717) is 5.46 Å². The van der Waals surface area contributed by atoms with Gasteiger partial charge in [0, 0.05) is 24.5 Å². The predicted octanol–water partition coefficient (Wildman–Crippen LogP) is 1.81. The number of hydrogen-bond donors (Lipinski definition) is 1. The van der Waals surface area contributed by atoms with E-state index >= 15 is 0 Å². The fourth-order valence-corrected chi connectivity index (χ4v) is 2.54. The summed E-state index contributed by atoms with van der Waals surface area (Å²) >= 11 is 0. The Morgan fingerprint density at radius 2 is 1.75 bits per heavy atom. The molecule has 5 heteroatoms. The summed E-state index contributed by atoms with van der Waals surface area (Å²) in [6.07, 6.45) is 0. The van der Waals surface area contributed by atoms with Crippen molar-refractivity contribution in [3.8, 4) is 0 Å². The van der Waals surface area contributed by atoms with E-state index in [2.05, 4.69) is 5.32 Å². The van der Waals surface area contributed by atoms with Crippen LogP contribution >= 0.6 is 0 Å². The van der Waals surface area contributed by atoms with E-state index in [0.717, 1.165) is 18.7 Å². The van der Waals surface area contributed by atoms with Gasteiger partial charge >= 0.3 is 7.12 Å². The number of benzene rings is 1. The van der Waals surface area contributed by atoms with Crippen LogP contribution in [0.5, 0.6) is 0 Å². The Morgan fingerprint density at radius 3 is 2.25 bits per heavy atom. The molecule has 2 aliphatic rings. The molecule has 0 saturated carbocycles. The first-order chi connectivity index (χ1) is 9.32. The van der Waals surface area contributed by atoms with E-state index in [9.17, 15) is 4.39 Å². The molecule has 1 N–H and O–H groups in total. The zero-order chi connectivity index (χ0) is 14.5. The number of halogens is 1. The summed E-state index contributed by atoms with van der Waals surface area (Å²) in [5, 5.41) is 3.17. The Labute approximate surface area is 120 Å². The Morgan fingerprint density at radius 1 is 1.15 bits per heavy atom. The van der Waals surface area contributed by atoms with Crippen LogP contribution in [0.25, 0.3) is 0 Å². The maximum Gasteiger partial charge on any atom is 0.497 e. The number of hydrogen-bond acceptors (Lipinski definition) is 3. The summed E-state index contributed by atoms with van der Waals surface area (Å²) in [7, 11) is -0.631. The molecule has 108 valence electrons. The highest BCUT2D eigenvalue weighted by Gasteiger charge is 2.52. The average Bonchev–Trinajstić information content (AvgIpc) is 2.48. The number of rotatable bonds is 2. The lowest BCUT2D eigenvalue weighted by atomic mass is 9.76. The van der Waals surface area contributed by atoms with E-state index in [1.807, 2.05) is 39.8 Å². The van der Waals surface area contributed by atoms with Crippen LogP contribution in [0.15, 0.2) is 18.2 Å². The first kappa shape index (κ1) is 14.0. The standard InChI is InChI=1S/C15H21BFNO2/c1-14(2)15(3,4)20-16(19-14)12-7-5-6-11(13(12)17)10-8-18-9-10/h5-7,10,18H,8-9H2,1-4H3. The van der Waals surface area contributed by atoms with Gasteiger partial charge in [-0.15, -0.1) is 0 Å². The van der Waals surface area contributed by atoms with Crippen molar-refractivity contribution in [1.82, 2.24) is 5.32 Å². The van der Waals surface area contributed by atoms with Crippen molar-refractivity contribution in [2.75, 3.05) is 13.1 Å². The molecule has 0 spiro atoms. The third-order valence-electron chi connectivity index (χ3n) is 4.79. The van der Waals surface area contributed by atoms with Crippen molar-refractivity contribution in [3.63, 3.8) is 0 Å². The minimum Gasteiger partial charge on any atom is -0.399 e. The predicted molar refractivity (Wildman–Crippen MR) is 77.7 cm³/mol. The molecule has 1 aromatic carbocycles. The van der Waals surface area contributed by atoms with Gasteiger partial charge in [0.25, 0.3) is 0 Å². The molecule has 0 aliphatic carbocycles. The van der Waals surface area contributed by atoms with Gasteiger partial charge in [-0.3, -0.25) is 0 Å². The molecule has 20 heavy (non-hydrogen) atoms. The molecule has 2 fully saturated rings. The molecule has 3 nitrogen and oxygen atoms in total. The molecule has 2 aliphatic heterocycles. The van der Waals surface area contributed by atoms with Crippen LogP contribution in [-0.4, -0.2) is 31.4 Å². The van der Waals surface area contributed by atoms with Crippen LogP contribution in [-0.2, 0) is 9.31 Å². The fourth-order valence-electron chi connectivity index (χ4n) is 2.54. The highest BCUT2D eigenvalue weighted by atomic mass is 19.1. The largest absolute Gasteiger partial charge is 0.497 e. The monoisotopic (exact) mass is 277 g/mol. The summed E-state index contributed by atoms with van der Waals surface area (Å²) in [6, 6.07) is 5.50. The molecular weight excluding hydrogens is 256 g/mol. The lowest BCUT2D eigenvalue weighted by Gasteiger charge is -2.32. The molecule has 0 radical (unpaired) electrons. The lowest BCUT2D eigenvalue weighted by Crippen LogP contribution is -2.43. The normalized spacial score (nSPS) is 24.8. The smallest absolute Gasteiger partial charge is 0.399 e. The first-order valence-corrected chi connectivity index (χ1v) is 7.16. The van der Waals surface area contributed by atoms with E-state index < -0.39 is 18.3 Å². The zero-order valence-corrected chi connectivity index (χ0v) is 12.5. The molecule has 0 amide bonds. The van der Waals surface area contributed by atoms with Gasteiger partial charge in [0.1, 0.15) is 5.82 Å². The summed E-state index contributed by atoms with van der Waals surface area (Å²) < 4.78 is 26.6. The van der Waals surface area contributed by atoms with Gasteiger partial charge in [-0.1, -0.05) is 18.2 Å². The second-order valence-corrected chi connectivity index (χ2v) is 6.69. The van der Waals surface area contributed by atoms with Gasteiger partial charge in [0.15, 0.2) is 0 Å². The highest BCUT2D eigenvalue weighted by Crippen LogP contribution is 2.37. The molecule has 0 aromatic heterocycles. The second kappa shape index (κ2) is 4.55. The molecule has 3 rings (SSSR count). The Hall–Kier alpha value is -0.905. The van der Waals surface area contributed by atoms with Crippen LogP contribution in [0.4, 0.5) is 4.39 Å². The van der Waals surface area contributed by atoms with Crippen LogP contribution in [0, 0.1) is 5.82 Å². The minimum atomic E-state index is -0.631. The highest BCUT2D eigenvalue weighted by molar-refractivity contribution is 6.62. The third-order valence-corrected chi connectivity index (χ3v) is 4.79. The van der Waals surface area contributed by atoms with Crippen molar-refractivity contribution in [1.29, 1.82) is 0 Å². The molecule has 0 bridgehead atoms. The Kier molecular flexibility index (Phi) is 3.20. The maximum atomic E-state index is 14.7. The van der Waals surface area contributed by atoms with Crippen molar-refractivity contribution in [2.45, 2.75) is 44.8 Å². The van der Waals surface area contributed by atoms with Gasteiger partial charge < -0.3 is 14.6 Å². The second-order valence-electron chi connectivity index (χ2n) is 6.69. The molecule has 2 heterocycles. The van der Waals surface area contributed by atoms with Gasteiger partial charge in [-0.25, -0.2) is 4.39 Å². The molecular formula is C15H21BFNO2. The zero-order valence-electron chi connectivity index (χ0n) is 12.5. The lowest BCUT2D eigenvalue weighted by molar-refractivity contribution is 0.00578. The minimum absolute atomic E-state index is 0.183. The first-order valence-electron chi connectivity index (χ1n) is 7.16. The van der Waals surface area contributed by atoms with Crippen LogP contribution in [0.3, 0.4) is 0 Å². The van der Waals surface area contributed by atoms with Crippen molar-refractivity contribution >= 4 is 12.6 Å². The van der Waals surface area contributed by atoms with Crippen LogP contribution in [0.2, 0.25) is 0 Å². The van der Waals surface area contributed by atoms with Crippen molar-refractivity contribution in [3.05, 3.63) is 29.6 Å². The molecule has 2 saturated heterocycles. The SMILES string of the molecule is CC1(C)OB(c2cccc(C3CNC3)c2F)OC1(C)C. The van der Waals surface area contributed by atoms with Gasteiger partial charge in [-0.05, 0) is 33.3 Å². The maximum absolute atomic E-state index is 14.7. The fraction of sp³-hybridized carbons (Fsp3) is 0.600. The van der Waals surface area contributed by atoms with Crippen LogP contribution in [0.1, 0.15) is 39.2 Å². The van der Waals surface area contributed by atoms with Crippen molar-refractivity contribution < 1.29 is 13.7 Å². The van der Waals surface area contributed by atoms with E-state index in [4.69, 9.17) is 9.31 Å². The van der Waals surface area contributed by atoms with Crippen molar-refractivity contribution in [2.24, 2.45) is 0 Å². The average molecular weight is 277 g/mol. The Balaban J connectivity index is 1.92. The topological polar surface area (TPSA) is 30.5 Å². The van der Waals surface area contributed by atoms with E-state index in [-0.39, 0.29) is 11.7 Å². The van der Waals surface area contributed by atoms with E-state index in [1.54, 1.807) is 6.07 Å². The van der Waals surface area contributed by atoms with Gasteiger partial charge in [0.05, 0.1) is 11.2 Å². The summed E-state index contributed by atoms with van der Waals surface area (Å²) in [4.78, 5) is 0. The quantitative estimate of drug-likeness (QED) is 0.836. The summed E-state index contributed by atoms with van der Waals surface area (Å²) in [6.45, 7) is 9.58. The van der Waals surface area contributed by atoms with Gasteiger partial charge in [0.2, 0.25) is 0 Å². The molecule has 1 aromatic rings. The molecule has 0 unspecified atom stereocenters. The third kappa shape index (κ3) is 2.08. The van der Waals surface area contributed by atoms with E-state index in [1.165, 1.54) is 0 Å². The van der Waals surface area contributed by atoms with Gasteiger partial charge in [-0.2, -0.15) is 0 Å². The molecule has 0 atom stereocenters. The number of nitrogens with one attached hydrogen (secondary N) is 1.